The van der Waals surface area contributed by atoms with E-state index in [4.69, 9.17) is 4.74 Å². The lowest BCUT2D eigenvalue weighted by Gasteiger charge is -2.25. The Morgan fingerprint density at radius 3 is 3.00 bits per heavy atom. The van der Waals surface area contributed by atoms with E-state index in [-0.39, 0.29) is 18.6 Å². The zero-order valence-corrected chi connectivity index (χ0v) is 10.8. The molecule has 0 aliphatic heterocycles. The fourth-order valence-electron chi connectivity index (χ4n) is 2.42. The van der Waals surface area contributed by atoms with Crippen LogP contribution in [-0.4, -0.2) is 25.2 Å². The van der Waals surface area contributed by atoms with Crippen LogP contribution in [0.3, 0.4) is 0 Å². The smallest absolute Gasteiger partial charge is 0.319 e. The highest BCUT2D eigenvalue weighted by Gasteiger charge is 2.22. The second kappa shape index (κ2) is 6.10. The van der Waals surface area contributed by atoms with Crippen LogP contribution in [0.5, 0.6) is 0 Å². The van der Waals surface area contributed by atoms with Crippen molar-refractivity contribution < 1.29 is 18.3 Å². The van der Waals surface area contributed by atoms with Crippen molar-refractivity contribution in [3.63, 3.8) is 0 Å². The molecule has 0 saturated carbocycles. The number of benzene rings is 1. The third kappa shape index (κ3) is 3.50. The molecule has 0 saturated heterocycles. The van der Waals surface area contributed by atoms with Crippen LogP contribution in [0.4, 0.5) is 8.78 Å². The topological polar surface area (TPSA) is 38.3 Å². The maximum absolute atomic E-state index is 13.5. The minimum atomic E-state index is -0.553. The Labute approximate surface area is 111 Å². The summed E-state index contributed by atoms with van der Waals surface area (Å²) in [5.74, 6) is -1.33. The monoisotopic (exact) mass is 269 g/mol. The molecule has 104 valence electrons. The minimum Gasteiger partial charge on any atom is -0.465 e. The average Bonchev–Trinajstić information content (AvgIpc) is 2.36. The van der Waals surface area contributed by atoms with Crippen molar-refractivity contribution in [1.29, 1.82) is 0 Å². The first-order valence-corrected chi connectivity index (χ1v) is 6.46. The summed E-state index contributed by atoms with van der Waals surface area (Å²) in [6, 6.07) is 2.35. The van der Waals surface area contributed by atoms with Gasteiger partial charge in [-0.05, 0) is 43.4 Å². The molecule has 1 N–H and O–H groups in total. The molecule has 5 heteroatoms. The fourth-order valence-corrected chi connectivity index (χ4v) is 2.42. The van der Waals surface area contributed by atoms with Gasteiger partial charge in [0.1, 0.15) is 11.6 Å². The molecule has 1 aliphatic carbocycles. The summed E-state index contributed by atoms with van der Waals surface area (Å²) in [6.45, 7) is 2.23. The van der Waals surface area contributed by atoms with Crippen molar-refractivity contribution in [1.82, 2.24) is 5.32 Å². The molecule has 1 aromatic carbocycles. The van der Waals surface area contributed by atoms with E-state index < -0.39 is 11.6 Å². The van der Waals surface area contributed by atoms with E-state index in [0.717, 1.165) is 12.5 Å². The van der Waals surface area contributed by atoms with E-state index in [1.165, 1.54) is 6.07 Å². The normalized spacial score (nSPS) is 17.9. The van der Waals surface area contributed by atoms with Gasteiger partial charge in [0.15, 0.2) is 0 Å². The van der Waals surface area contributed by atoms with Crippen LogP contribution in [0.2, 0.25) is 0 Å². The highest BCUT2D eigenvalue weighted by atomic mass is 19.1. The lowest BCUT2D eigenvalue weighted by atomic mass is 9.88. The highest BCUT2D eigenvalue weighted by Crippen LogP contribution is 2.25. The zero-order valence-electron chi connectivity index (χ0n) is 10.8. The van der Waals surface area contributed by atoms with Crippen molar-refractivity contribution in [3.05, 3.63) is 34.9 Å². The molecule has 1 atom stereocenters. The van der Waals surface area contributed by atoms with Crippen molar-refractivity contribution in [2.75, 3.05) is 13.2 Å². The molecule has 0 amide bonds. The number of halogens is 2. The summed E-state index contributed by atoms with van der Waals surface area (Å²) in [6.07, 6.45) is 1.82. The number of fused-ring (bicyclic) bond motifs is 1. The molecule has 2 rings (SSSR count). The predicted octanol–water partition coefficient (Wildman–Crippen LogP) is 1.97. The zero-order chi connectivity index (χ0) is 13.8. The molecule has 0 fully saturated rings. The summed E-state index contributed by atoms with van der Waals surface area (Å²) < 4.78 is 31.5. The van der Waals surface area contributed by atoms with Crippen LogP contribution in [0.1, 0.15) is 24.5 Å². The molecule has 3 nitrogen and oxygen atoms in total. The van der Waals surface area contributed by atoms with Gasteiger partial charge < -0.3 is 10.1 Å². The molecular weight excluding hydrogens is 252 g/mol. The van der Waals surface area contributed by atoms with Crippen molar-refractivity contribution in [2.24, 2.45) is 0 Å². The number of esters is 1. The largest absolute Gasteiger partial charge is 0.465 e. The summed E-state index contributed by atoms with van der Waals surface area (Å²) >= 11 is 0. The van der Waals surface area contributed by atoms with Gasteiger partial charge in [-0.1, -0.05) is 0 Å². The molecule has 1 aromatic rings. The fraction of sp³-hybridized carbons (Fsp3) is 0.500. The van der Waals surface area contributed by atoms with Crippen molar-refractivity contribution >= 4 is 5.97 Å². The third-order valence-corrected chi connectivity index (χ3v) is 3.30. The van der Waals surface area contributed by atoms with Gasteiger partial charge in [0.2, 0.25) is 0 Å². The molecule has 1 aliphatic rings. The van der Waals surface area contributed by atoms with Crippen LogP contribution in [0, 0.1) is 11.6 Å². The van der Waals surface area contributed by atoms with Crippen molar-refractivity contribution in [3.8, 4) is 0 Å². The number of ether oxygens (including phenoxy) is 1. The summed E-state index contributed by atoms with van der Waals surface area (Å²) in [5.41, 5.74) is 1.28. The van der Waals surface area contributed by atoms with E-state index in [0.29, 0.717) is 30.6 Å². The van der Waals surface area contributed by atoms with E-state index >= 15 is 0 Å². The SMILES string of the molecule is CCOC(=O)CNC1CCc2c(F)cc(F)cc2C1. The molecule has 19 heavy (non-hydrogen) atoms. The number of nitrogens with one attached hydrogen (secondary N) is 1. The Hall–Kier alpha value is -1.49. The number of hydrogen-bond donors (Lipinski definition) is 1. The quantitative estimate of drug-likeness (QED) is 0.849. The number of rotatable bonds is 4. The van der Waals surface area contributed by atoms with Crippen LogP contribution in [0.25, 0.3) is 0 Å². The second-order valence-corrected chi connectivity index (χ2v) is 4.65. The highest BCUT2D eigenvalue weighted by molar-refractivity contribution is 5.71. The van der Waals surface area contributed by atoms with Crippen LogP contribution >= 0.6 is 0 Å². The van der Waals surface area contributed by atoms with Crippen LogP contribution in [-0.2, 0) is 22.4 Å². The standard InChI is InChI=1S/C14H17F2NO2/c1-2-19-14(18)8-17-11-3-4-12-9(6-11)5-10(15)7-13(12)16/h5,7,11,17H,2-4,6,8H2,1H3. The summed E-state index contributed by atoms with van der Waals surface area (Å²) in [5, 5.41) is 3.07. The Morgan fingerprint density at radius 1 is 1.47 bits per heavy atom. The first kappa shape index (κ1) is 13.9. The van der Waals surface area contributed by atoms with Gasteiger partial charge in [0, 0.05) is 12.1 Å². The van der Waals surface area contributed by atoms with Gasteiger partial charge in [-0.2, -0.15) is 0 Å². The van der Waals surface area contributed by atoms with E-state index in [9.17, 15) is 13.6 Å². The lowest BCUT2D eigenvalue weighted by molar-refractivity contribution is -0.142. The van der Waals surface area contributed by atoms with Gasteiger partial charge in [0.25, 0.3) is 0 Å². The van der Waals surface area contributed by atoms with Crippen LogP contribution < -0.4 is 5.32 Å². The molecule has 0 bridgehead atoms. The average molecular weight is 269 g/mol. The van der Waals surface area contributed by atoms with Crippen molar-refractivity contribution in [2.45, 2.75) is 32.2 Å². The lowest BCUT2D eigenvalue weighted by Crippen LogP contribution is -2.38. The second-order valence-electron chi connectivity index (χ2n) is 4.65. The molecule has 0 spiro atoms. The first-order valence-electron chi connectivity index (χ1n) is 6.46. The van der Waals surface area contributed by atoms with Gasteiger partial charge >= 0.3 is 5.97 Å². The third-order valence-electron chi connectivity index (χ3n) is 3.30. The Kier molecular flexibility index (Phi) is 4.47. The first-order chi connectivity index (χ1) is 9.10. The van der Waals surface area contributed by atoms with E-state index in [1.54, 1.807) is 6.92 Å². The van der Waals surface area contributed by atoms with E-state index in [1.807, 2.05) is 0 Å². The Balaban J connectivity index is 1.96. The summed E-state index contributed by atoms with van der Waals surface area (Å²) in [7, 11) is 0. The number of carbonyl (C=O) groups is 1. The maximum atomic E-state index is 13.5. The Morgan fingerprint density at radius 2 is 2.26 bits per heavy atom. The van der Waals surface area contributed by atoms with Gasteiger partial charge in [-0.25, -0.2) is 8.78 Å². The molecule has 0 heterocycles. The minimum absolute atomic E-state index is 0.0538. The molecule has 0 radical (unpaired) electrons. The van der Waals surface area contributed by atoms with E-state index in [2.05, 4.69) is 5.32 Å². The Bertz CT molecular complexity index is 477. The van der Waals surface area contributed by atoms with Gasteiger partial charge in [-0.3, -0.25) is 4.79 Å². The maximum Gasteiger partial charge on any atom is 0.319 e. The molecular formula is C14H17F2NO2. The van der Waals surface area contributed by atoms with Gasteiger partial charge in [-0.15, -0.1) is 0 Å². The predicted molar refractivity (Wildman–Crippen MR) is 66.8 cm³/mol. The number of hydrogen-bond acceptors (Lipinski definition) is 3. The molecule has 1 unspecified atom stereocenters. The summed E-state index contributed by atoms with van der Waals surface area (Å²) in [4.78, 5) is 11.2. The van der Waals surface area contributed by atoms with Gasteiger partial charge in [0.05, 0.1) is 13.2 Å². The number of carbonyl (C=O) groups excluding carboxylic acids is 1. The molecule has 0 aromatic heterocycles. The van der Waals surface area contributed by atoms with Crippen LogP contribution in [0.15, 0.2) is 12.1 Å².